The molecule has 0 bridgehead atoms. The van der Waals surface area contributed by atoms with Crippen LogP contribution in [0.25, 0.3) is 11.1 Å². The Kier molecular flexibility index (Phi) is 6.32. The molecule has 1 atom stereocenters. The number of nitrogens with zero attached hydrogens (tertiary/aromatic N) is 1. The largest absolute Gasteiger partial charge is 0.508 e. The lowest BCUT2D eigenvalue weighted by Crippen LogP contribution is -2.33. The SMILES string of the molecule is Cc1ccc2c(c1)C1=C(c3ccc(O)cc3OCC1)C(c1ccc(OCCN3CCCCC3)cc1)O2. The van der Waals surface area contributed by atoms with Crippen LogP contribution in [0, 0.1) is 6.92 Å². The molecule has 186 valence electrons. The third-order valence-corrected chi connectivity index (χ3v) is 7.47. The minimum absolute atomic E-state index is 0.202. The van der Waals surface area contributed by atoms with Crippen molar-refractivity contribution < 1.29 is 19.3 Å². The lowest BCUT2D eigenvalue weighted by atomic mass is 9.84. The quantitative estimate of drug-likeness (QED) is 0.456. The van der Waals surface area contributed by atoms with Crippen LogP contribution >= 0.6 is 0 Å². The van der Waals surface area contributed by atoms with Crippen molar-refractivity contribution in [2.24, 2.45) is 0 Å². The van der Waals surface area contributed by atoms with Crippen LogP contribution in [0.15, 0.2) is 60.7 Å². The van der Waals surface area contributed by atoms with E-state index in [-0.39, 0.29) is 11.9 Å². The molecular weight excluding hydrogens is 450 g/mol. The molecule has 1 fully saturated rings. The van der Waals surface area contributed by atoms with E-state index in [1.165, 1.54) is 43.5 Å². The molecule has 1 N–H and O–H groups in total. The van der Waals surface area contributed by atoms with E-state index in [0.29, 0.717) is 19.0 Å². The second-order valence-electron chi connectivity index (χ2n) is 9.99. The van der Waals surface area contributed by atoms with Gasteiger partial charge in [-0.3, -0.25) is 4.90 Å². The van der Waals surface area contributed by atoms with Crippen LogP contribution in [0.1, 0.15) is 54.0 Å². The Balaban J connectivity index is 1.31. The predicted octanol–water partition coefficient (Wildman–Crippen LogP) is 6.39. The Morgan fingerprint density at radius 1 is 0.917 bits per heavy atom. The number of rotatable bonds is 5. The fraction of sp³-hybridized carbons (Fsp3) is 0.355. The maximum atomic E-state index is 10.1. The maximum Gasteiger partial charge on any atom is 0.150 e. The van der Waals surface area contributed by atoms with Crippen molar-refractivity contribution in [1.29, 1.82) is 0 Å². The van der Waals surface area contributed by atoms with Crippen molar-refractivity contribution in [1.82, 2.24) is 4.90 Å². The third kappa shape index (κ3) is 4.56. The predicted molar refractivity (Wildman–Crippen MR) is 142 cm³/mol. The molecule has 3 aromatic carbocycles. The smallest absolute Gasteiger partial charge is 0.150 e. The van der Waals surface area contributed by atoms with Crippen LogP contribution in [0.2, 0.25) is 0 Å². The number of phenolic OH excluding ortho intramolecular Hbond substituents is 1. The normalized spacial score (nSPS) is 19.3. The van der Waals surface area contributed by atoms with Gasteiger partial charge in [0.2, 0.25) is 0 Å². The van der Waals surface area contributed by atoms with Crippen LogP contribution in [0.4, 0.5) is 0 Å². The number of hydrogen-bond donors (Lipinski definition) is 1. The topological polar surface area (TPSA) is 51.2 Å². The lowest BCUT2D eigenvalue weighted by Gasteiger charge is -2.31. The van der Waals surface area contributed by atoms with Crippen molar-refractivity contribution in [2.45, 2.75) is 38.7 Å². The molecule has 3 aliphatic heterocycles. The molecular formula is C31H33NO4. The van der Waals surface area contributed by atoms with Gasteiger partial charge in [-0.25, -0.2) is 0 Å². The van der Waals surface area contributed by atoms with E-state index in [1.54, 1.807) is 12.1 Å². The summed E-state index contributed by atoms with van der Waals surface area (Å²) in [5, 5.41) is 10.1. The van der Waals surface area contributed by atoms with E-state index in [0.717, 1.165) is 46.7 Å². The molecule has 1 saturated heterocycles. The summed E-state index contributed by atoms with van der Waals surface area (Å²) < 4.78 is 18.8. The van der Waals surface area contributed by atoms with Gasteiger partial charge in [-0.05, 0) is 80.4 Å². The van der Waals surface area contributed by atoms with Crippen molar-refractivity contribution >= 4 is 11.1 Å². The zero-order valence-electron chi connectivity index (χ0n) is 20.8. The van der Waals surface area contributed by atoms with Gasteiger partial charge in [-0.2, -0.15) is 0 Å². The zero-order chi connectivity index (χ0) is 24.5. The minimum Gasteiger partial charge on any atom is -0.508 e. The van der Waals surface area contributed by atoms with Crippen LogP contribution in [0.5, 0.6) is 23.0 Å². The summed E-state index contributed by atoms with van der Waals surface area (Å²) in [4.78, 5) is 2.49. The number of aryl methyl sites for hydroxylation is 1. The van der Waals surface area contributed by atoms with Gasteiger partial charge in [0, 0.05) is 35.7 Å². The van der Waals surface area contributed by atoms with Gasteiger partial charge >= 0.3 is 0 Å². The standard InChI is InChI=1S/C31H33NO4/c1-21-5-12-28-27(19-21)25-13-17-35-29-20-23(33)8-11-26(29)30(25)31(36-28)22-6-9-24(10-7-22)34-18-16-32-14-3-2-4-15-32/h5-12,19-20,31,33H,2-4,13-18H2,1H3. The number of phenols is 1. The Labute approximate surface area is 212 Å². The van der Waals surface area contributed by atoms with E-state index < -0.39 is 0 Å². The summed E-state index contributed by atoms with van der Waals surface area (Å²) in [6.45, 7) is 6.71. The molecule has 5 heteroatoms. The molecule has 3 heterocycles. The van der Waals surface area contributed by atoms with Crippen LogP contribution in [-0.2, 0) is 0 Å². The fourth-order valence-corrected chi connectivity index (χ4v) is 5.61. The van der Waals surface area contributed by atoms with E-state index in [2.05, 4.69) is 42.2 Å². The summed E-state index contributed by atoms with van der Waals surface area (Å²) >= 11 is 0. The third-order valence-electron chi connectivity index (χ3n) is 7.47. The first kappa shape index (κ1) is 23.0. The molecule has 0 aliphatic carbocycles. The number of likely N-dealkylation sites (tertiary alicyclic amines) is 1. The van der Waals surface area contributed by atoms with Crippen LogP contribution in [0.3, 0.4) is 0 Å². The zero-order valence-corrected chi connectivity index (χ0v) is 20.8. The second-order valence-corrected chi connectivity index (χ2v) is 9.99. The molecule has 5 nitrogen and oxygen atoms in total. The molecule has 0 saturated carbocycles. The molecule has 0 spiro atoms. The first-order valence-corrected chi connectivity index (χ1v) is 13.1. The average molecular weight is 484 g/mol. The van der Waals surface area contributed by atoms with Crippen LogP contribution in [-0.4, -0.2) is 42.9 Å². The maximum absolute atomic E-state index is 10.1. The van der Waals surface area contributed by atoms with Gasteiger partial charge in [-0.1, -0.05) is 30.2 Å². The molecule has 0 aromatic heterocycles. The Morgan fingerprint density at radius 2 is 1.75 bits per heavy atom. The summed E-state index contributed by atoms with van der Waals surface area (Å²) in [7, 11) is 0. The molecule has 36 heavy (non-hydrogen) atoms. The highest BCUT2D eigenvalue weighted by molar-refractivity contribution is 5.98. The number of benzene rings is 3. The highest BCUT2D eigenvalue weighted by atomic mass is 16.5. The lowest BCUT2D eigenvalue weighted by molar-refractivity contribution is 0.183. The van der Waals surface area contributed by atoms with Gasteiger partial charge < -0.3 is 19.3 Å². The van der Waals surface area contributed by atoms with Gasteiger partial charge in [0.05, 0.1) is 6.61 Å². The number of piperidine rings is 1. The minimum atomic E-state index is -0.275. The molecule has 3 aromatic rings. The molecule has 0 amide bonds. The van der Waals surface area contributed by atoms with Gasteiger partial charge in [0.25, 0.3) is 0 Å². The molecule has 3 aliphatic rings. The van der Waals surface area contributed by atoms with Crippen molar-refractivity contribution in [3.05, 3.63) is 82.9 Å². The summed E-state index contributed by atoms with van der Waals surface area (Å²) in [6.07, 6.45) is 4.44. The first-order chi connectivity index (χ1) is 17.7. The summed E-state index contributed by atoms with van der Waals surface area (Å²) in [5.41, 5.74) is 6.72. The second kappa shape index (κ2) is 9.90. The Morgan fingerprint density at radius 3 is 2.58 bits per heavy atom. The number of aromatic hydroxyl groups is 1. The molecule has 6 rings (SSSR count). The van der Waals surface area contributed by atoms with E-state index in [4.69, 9.17) is 14.2 Å². The number of ether oxygens (including phenoxy) is 3. The Bertz CT molecular complexity index is 1270. The van der Waals surface area contributed by atoms with Crippen LogP contribution < -0.4 is 14.2 Å². The fourth-order valence-electron chi connectivity index (χ4n) is 5.61. The number of hydrogen-bond acceptors (Lipinski definition) is 5. The van der Waals surface area contributed by atoms with Crippen molar-refractivity contribution in [3.63, 3.8) is 0 Å². The highest BCUT2D eigenvalue weighted by Crippen LogP contribution is 2.51. The van der Waals surface area contributed by atoms with Gasteiger partial charge in [0.1, 0.15) is 35.7 Å². The van der Waals surface area contributed by atoms with Crippen molar-refractivity contribution in [2.75, 3.05) is 32.8 Å². The van der Waals surface area contributed by atoms with Gasteiger partial charge in [-0.15, -0.1) is 0 Å². The molecule has 0 radical (unpaired) electrons. The monoisotopic (exact) mass is 483 g/mol. The number of fused-ring (bicyclic) bond motifs is 4. The Hall–Kier alpha value is -3.44. The van der Waals surface area contributed by atoms with E-state index in [9.17, 15) is 5.11 Å². The summed E-state index contributed by atoms with van der Waals surface area (Å²) in [6, 6.07) is 20.0. The van der Waals surface area contributed by atoms with E-state index in [1.807, 2.05) is 18.2 Å². The average Bonchev–Trinajstić information content (AvgIpc) is 3.09. The van der Waals surface area contributed by atoms with Crippen molar-refractivity contribution in [3.8, 4) is 23.0 Å². The van der Waals surface area contributed by atoms with E-state index >= 15 is 0 Å². The molecule has 1 unspecified atom stereocenters. The first-order valence-electron chi connectivity index (χ1n) is 13.1. The highest BCUT2D eigenvalue weighted by Gasteiger charge is 2.34. The van der Waals surface area contributed by atoms with Gasteiger partial charge in [0.15, 0.2) is 0 Å². The summed E-state index contributed by atoms with van der Waals surface area (Å²) in [5.74, 6) is 2.68.